The molecule has 0 fully saturated rings. The van der Waals surface area contributed by atoms with Crippen LogP contribution >= 0.6 is 232 Å². The van der Waals surface area contributed by atoms with Gasteiger partial charge in [-0.2, -0.15) is 0 Å². The average molecular weight is 857 g/mol. The van der Waals surface area contributed by atoms with Gasteiger partial charge in [0.25, 0.3) is 16.3 Å². The van der Waals surface area contributed by atoms with Crippen LogP contribution in [0.3, 0.4) is 0 Å². The molecule has 22 heteroatoms. The third-order valence-electron chi connectivity index (χ3n) is 0.348. The second-order valence-electron chi connectivity index (χ2n) is 3.07. The number of ether oxygens (including phenoxy) is 1. The van der Waals surface area contributed by atoms with Gasteiger partial charge in [0.1, 0.15) is 0 Å². The summed E-state index contributed by atoms with van der Waals surface area (Å²) in [6, 6.07) is 0. The molecule has 2 nitrogen and oxygen atoms in total. The Hall–Kier alpha value is 5.27. The van der Waals surface area contributed by atoms with E-state index >= 15 is 0 Å². The molecular weight excluding hydrogens is 849 g/mol. The van der Waals surface area contributed by atoms with Crippen molar-refractivity contribution >= 4 is 238 Å². The quantitative estimate of drug-likeness (QED) is 0.194. The molecule has 0 aromatic rings. The summed E-state index contributed by atoms with van der Waals surface area (Å²) in [5.74, 6) is -0.211. The maximum Gasteiger partial charge on any atom is 0.302 e. The Bertz CT molecular complexity index is 284. The highest BCUT2D eigenvalue weighted by molar-refractivity contribution is 6.85. The van der Waals surface area contributed by atoms with Crippen molar-refractivity contribution in [1.29, 1.82) is 0 Å². The number of esters is 1. The first-order valence-corrected chi connectivity index (χ1v) is 13.2. The number of carbonyl (C=O) groups excluding carboxylic acids is 1. The van der Waals surface area contributed by atoms with Crippen LogP contribution in [-0.2, 0) is 9.53 Å². The summed E-state index contributed by atoms with van der Waals surface area (Å²) in [7, 11) is 0. The first kappa shape index (κ1) is 49.2. The van der Waals surface area contributed by atoms with E-state index in [0.717, 1.165) is 0 Å². The second kappa shape index (κ2) is 25.5. The largest absolute Gasteiger partial charge is 0.466 e. The number of rotatable bonds is 1. The Morgan fingerprint density at radius 3 is 0.581 bits per heavy atom. The Morgan fingerprint density at radius 1 is 0.484 bits per heavy atom. The highest BCUT2D eigenvalue weighted by Crippen LogP contribution is 2.31. The summed E-state index contributed by atoms with van der Waals surface area (Å²) < 4.78 is -3.65. The molecule has 0 amide bonds. The first-order chi connectivity index (χ1) is 12.8. The molecule has 0 unspecified atom stereocenters. The third-order valence-corrected chi connectivity index (χ3v) is 0.348. The number of hydrogen-bond acceptors (Lipinski definition) is 2. The molecule has 0 aliphatic rings. The Kier molecular flexibility index (Phi) is 40.6. The summed E-state index contributed by atoms with van der Waals surface area (Å²) in [5.41, 5.74) is 0. The standard InChI is InChI=1S/C4H8O2.5CCl4/c1-3-6-4(2)5;5*2-1(3,4)5/h3H2,1-2H3;;;;;. The maximum absolute atomic E-state index is 9.82. The molecule has 0 aliphatic carbocycles. The van der Waals surface area contributed by atoms with Gasteiger partial charge in [-0.3, -0.25) is 4.79 Å². The van der Waals surface area contributed by atoms with Crippen molar-refractivity contribution < 1.29 is 9.53 Å². The minimum absolute atomic E-state index is 0.211. The molecule has 0 saturated heterocycles. The lowest BCUT2D eigenvalue weighted by atomic mass is 10.8. The van der Waals surface area contributed by atoms with E-state index in [2.05, 4.69) is 4.74 Å². The van der Waals surface area contributed by atoms with Crippen LogP contribution in [0.2, 0.25) is 0 Å². The highest BCUT2D eigenvalue weighted by Gasteiger charge is 2.13. The van der Waals surface area contributed by atoms with Crippen LogP contribution in [0.1, 0.15) is 13.8 Å². The molecule has 31 heavy (non-hydrogen) atoms. The van der Waals surface area contributed by atoms with E-state index < -0.39 is 16.3 Å². The van der Waals surface area contributed by atoms with Crippen LogP contribution in [0.4, 0.5) is 0 Å². The predicted octanol–water partition coefficient (Wildman–Crippen LogP) is 13.3. The predicted molar refractivity (Wildman–Crippen MR) is 153 cm³/mol. The Labute approximate surface area is 280 Å². The zero-order valence-corrected chi connectivity index (χ0v) is 29.2. The highest BCUT2D eigenvalue weighted by atomic mass is 35.6. The molecule has 0 aromatic heterocycles. The summed E-state index contributed by atoms with van der Waals surface area (Å²) in [4.78, 5) is 9.82. The number of hydrogen-bond donors (Lipinski definition) is 0. The van der Waals surface area contributed by atoms with Crippen LogP contribution in [0.15, 0.2) is 0 Å². The van der Waals surface area contributed by atoms with Gasteiger partial charge in [0.2, 0.25) is 0 Å². The average Bonchev–Trinajstić information content (AvgIpc) is 2.14. The molecule has 0 bridgehead atoms. The Balaban J connectivity index is -0.0000000606. The zero-order chi connectivity index (χ0) is 27.5. The van der Waals surface area contributed by atoms with Crippen LogP contribution in [0.5, 0.6) is 0 Å². The van der Waals surface area contributed by atoms with Gasteiger partial charge in [0.05, 0.1) is 6.61 Å². The van der Waals surface area contributed by atoms with Crippen LogP contribution in [0.25, 0.3) is 0 Å². The summed E-state index contributed by atoms with van der Waals surface area (Å²) in [5, 5.41) is 0. The summed E-state index contributed by atoms with van der Waals surface area (Å²) in [6.45, 7) is 3.65. The van der Waals surface area contributed by atoms with E-state index in [1.165, 1.54) is 6.92 Å². The van der Waals surface area contributed by atoms with Gasteiger partial charge in [-0.1, -0.05) is 232 Å². The van der Waals surface area contributed by atoms with Gasteiger partial charge >= 0.3 is 5.97 Å². The smallest absolute Gasteiger partial charge is 0.302 e. The van der Waals surface area contributed by atoms with Crippen molar-refractivity contribution in [2.45, 2.75) is 30.1 Å². The molecule has 0 N–H and O–H groups in total. The van der Waals surface area contributed by atoms with E-state index in [-0.39, 0.29) is 5.97 Å². The van der Waals surface area contributed by atoms with E-state index in [4.69, 9.17) is 232 Å². The second-order valence-corrected chi connectivity index (χ2v) is 20.2. The summed E-state index contributed by atoms with van der Waals surface area (Å²) >= 11 is 96.5. The van der Waals surface area contributed by atoms with Crippen molar-refractivity contribution in [1.82, 2.24) is 0 Å². The lowest BCUT2D eigenvalue weighted by Gasteiger charge is -1.91. The molecule has 0 heterocycles. The third kappa shape index (κ3) is 571. The van der Waals surface area contributed by atoms with Crippen molar-refractivity contribution in [3.8, 4) is 0 Å². The maximum atomic E-state index is 9.82. The topological polar surface area (TPSA) is 26.3 Å². The van der Waals surface area contributed by atoms with E-state index in [1.807, 2.05) is 0 Å². The molecule has 0 aliphatic heterocycles. The fourth-order valence-electron chi connectivity index (χ4n) is 0.203. The SMILES string of the molecule is CCOC(C)=O.ClC(Cl)(Cl)Cl.ClC(Cl)(Cl)Cl.ClC(Cl)(Cl)Cl.ClC(Cl)(Cl)Cl.ClC(Cl)(Cl)Cl. The van der Waals surface area contributed by atoms with Crippen molar-refractivity contribution in [2.24, 2.45) is 0 Å². The van der Waals surface area contributed by atoms with Crippen molar-refractivity contribution in [3.05, 3.63) is 0 Å². The molecule has 0 atom stereocenters. The zero-order valence-electron chi connectivity index (χ0n) is 14.1. The van der Waals surface area contributed by atoms with E-state index in [1.54, 1.807) is 6.92 Å². The molecule has 0 aromatic carbocycles. The summed E-state index contributed by atoms with van der Waals surface area (Å²) in [6.07, 6.45) is 0. The van der Waals surface area contributed by atoms with E-state index in [0.29, 0.717) is 6.61 Å². The van der Waals surface area contributed by atoms with E-state index in [9.17, 15) is 4.79 Å². The van der Waals surface area contributed by atoms with Gasteiger partial charge in [0, 0.05) is 6.92 Å². The fourth-order valence-corrected chi connectivity index (χ4v) is 0.203. The van der Waals surface area contributed by atoms with Gasteiger partial charge in [-0.25, -0.2) is 0 Å². The molecule has 196 valence electrons. The fraction of sp³-hybridized carbons (Fsp3) is 0.889. The van der Waals surface area contributed by atoms with Crippen molar-refractivity contribution in [2.75, 3.05) is 6.61 Å². The van der Waals surface area contributed by atoms with Gasteiger partial charge in [-0.05, 0) is 6.92 Å². The molecular formula is C9H8Cl20O2. The lowest BCUT2D eigenvalue weighted by Crippen LogP contribution is -1.95. The molecule has 0 rings (SSSR count). The van der Waals surface area contributed by atoms with Crippen LogP contribution < -0.4 is 0 Å². The minimum Gasteiger partial charge on any atom is -0.466 e. The monoisotopic (exact) mass is 847 g/mol. The van der Waals surface area contributed by atoms with Gasteiger partial charge in [0.15, 0.2) is 0 Å². The first-order valence-electron chi connectivity index (χ1n) is 5.68. The minimum atomic E-state index is -1.61. The van der Waals surface area contributed by atoms with Gasteiger partial charge in [-0.15, -0.1) is 0 Å². The molecule has 0 radical (unpaired) electrons. The van der Waals surface area contributed by atoms with Gasteiger partial charge < -0.3 is 4.74 Å². The lowest BCUT2D eigenvalue weighted by molar-refractivity contribution is -0.140. The van der Waals surface area contributed by atoms with Crippen molar-refractivity contribution in [3.63, 3.8) is 0 Å². The van der Waals surface area contributed by atoms with Crippen LogP contribution in [0, 0.1) is 0 Å². The number of carbonyl (C=O) groups is 1. The normalized spacial score (nSPS) is 11.2. The number of halogens is 20. The Morgan fingerprint density at radius 2 is 0.581 bits per heavy atom. The van der Waals surface area contributed by atoms with Crippen LogP contribution in [-0.4, -0.2) is 28.8 Å². The number of alkyl halides is 20. The molecule has 0 saturated carbocycles. The molecule has 0 spiro atoms.